The summed E-state index contributed by atoms with van der Waals surface area (Å²) in [7, 11) is 5.64. The van der Waals surface area contributed by atoms with Gasteiger partial charge >= 0.3 is 35.5 Å². The van der Waals surface area contributed by atoms with Crippen molar-refractivity contribution in [3.05, 3.63) is 82.3 Å². The molecule has 4 rings (SSSR count). The van der Waals surface area contributed by atoms with Gasteiger partial charge in [0.1, 0.15) is 5.69 Å². The van der Waals surface area contributed by atoms with E-state index in [-0.39, 0.29) is 46.5 Å². The number of aromatic carboxylic acids is 1. The maximum absolute atomic E-state index is 13.7. The minimum atomic E-state index is -1.36. The van der Waals surface area contributed by atoms with E-state index in [4.69, 9.17) is 18.9 Å². The van der Waals surface area contributed by atoms with Gasteiger partial charge in [-0.15, -0.1) is 0 Å². The number of aromatic nitrogens is 1. The van der Waals surface area contributed by atoms with Crippen LogP contribution in [0.5, 0.6) is 17.2 Å². The van der Waals surface area contributed by atoms with Crippen LogP contribution in [0, 0.1) is 0 Å². The second-order valence-electron chi connectivity index (χ2n) is 7.65. The Labute approximate surface area is 234 Å². The summed E-state index contributed by atoms with van der Waals surface area (Å²) in [4.78, 5) is 38.1. The number of pyridine rings is 1. The molecule has 10 heteroatoms. The van der Waals surface area contributed by atoms with Crippen molar-refractivity contribution >= 4 is 22.7 Å². The summed E-state index contributed by atoms with van der Waals surface area (Å²) in [6, 6.07) is 15.6. The van der Waals surface area contributed by atoms with Gasteiger partial charge in [-0.1, -0.05) is 30.3 Å². The van der Waals surface area contributed by atoms with Gasteiger partial charge < -0.3 is 28.8 Å². The molecule has 0 amide bonds. The van der Waals surface area contributed by atoms with Gasteiger partial charge in [0.05, 0.1) is 34.4 Å². The van der Waals surface area contributed by atoms with Crippen LogP contribution in [0.2, 0.25) is 0 Å². The molecule has 0 saturated heterocycles. The molecule has 3 aromatic carbocycles. The third-order valence-electron chi connectivity index (χ3n) is 5.78. The first kappa shape index (κ1) is 27.8. The van der Waals surface area contributed by atoms with Crippen LogP contribution in [0.1, 0.15) is 20.8 Å². The maximum atomic E-state index is 13.7. The normalized spacial score (nSPS) is 10.4. The van der Waals surface area contributed by atoms with Gasteiger partial charge in [0.2, 0.25) is 5.75 Å². The summed E-state index contributed by atoms with van der Waals surface area (Å²) in [6.07, 6.45) is 0. The zero-order valence-corrected chi connectivity index (χ0v) is 23.0. The van der Waals surface area contributed by atoms with E-state index in [2.05, 4.69) is 0 Å². The minimum Gasteiger partial charge on any atom is -0.545 e. The number of carbonyl (C=O) groups is 2. The van der Waals surface area contributed by atoms with Crippen LogP contribution in [-0.4, -0.2) is 44.9 Å². The molecule has 0 N–H and O–H groups in total. The molecule has 9 nitrogen and oxygen atoms in total. The number of esters is 1. The number of methoxy groups -OCH3 is 4. The molecule has 0 aliphatic heterocycles. The molecule has 0 aliphatic carbocycles. The quantitative estimate of drug-likeness (QED) is 0.248. The summed E-state index contributed by atoms with van der Waals surface area (Å²) in [5.41, 5.74) is 0.545. The van der Waals surface area contributed by atoms with Crippen molar-refractivity contribution in [1.29, 1.82) is 0 Å². The van der Waals surface area contributed by atoms with E-state index in [0.29, 0.717) is 39.1 Å². The van der Waals surface area contributed by atoms with Crippen molar-refractivity contribution in [2.75, 3.05) is 28.4 Å². The average molecular weight is 511 g/mol. The fourth-order valence-electron chi connectivity index (χ4n) is 4.15. The van der Waals surface area contributed by atoms with Crippen LogP contribution in [0.3, 0.4) is 0 Å². The Kier molecular flexibility index (Phi) is 8.65. The van der Waals surface area contributed by atoms with Crippen LogP contribution < -0.4 is 54.4 Å². The first-order chi connectivity index (χ1) is 17.4. The number of hydrogen-bond donors (Lipinski definition) is 0. The Balaban J connectivity index is 0.00000380. The molecule has 0 fully saturated rings. The Morgan fingerprint density at radius 1 is 0.811 bits per heavy atom. The first-order valence-corrected chi connectivity index (χ1v) is 10.7. The van der Waals surface area contributed by atoms with E-state index >= 15 is 0 Å². The standard InChI is InChI=1S/C27H23NO8.Na/c1-33-20-13-16(14-21(34-2)24(20)35-3)22-18-7-5-6-8-19(18)25(29)28(23(22)27(32)36-4)17-11-9-15(10-12-17)26(30)31;/h5-14H,1-4H3,(H,30,31);/q;+1/p-1. The molecular weight excluding hydrogens is 489 g/mol. The SMILES string of the molecule is COC(=O)c1c(-c2cc(OC)c(OC)c(OC)c2)c2ccccc2c(=O)n1-c1ccc(C(=O)[O-])cc1.[Na+]. The average Bonchev–Trinajstić information content (AvgIpc) is 2.91. The molecule has 1 aromatic heterocycles. The second kappa shape index (κ2) is 11.5. The Bertz CT molecular complexity index is 1520. The zero-order valence-electron chi connectivity index (χ0n) is 21.0. The fraction of sp³-hybridized carbons (Fsp3) is 0.148. The van der Waals surface area contributed by atoms with Gasteiger partial charge in [-0.2, -0.15) is 0 Å². The van der Waals surface area contributed by atoms with Gasteiger partial charge in [-0.3, -0.25) is 9.36 Å². The molecule has 37 heavy (non-hydrogen) atoms. The zero-order chi connectivity index (χ0) is 26.0. The van der Waals surface area contributed by atoms with Crippen molar-refractivity contribution in [3.63, 3.8) is 0 Å². The third kappa shape index (κ3) is 4.93. The molecule has 4 aromatic rings. The minimum absolute atomic E-state index is 0. The number of carboxylic acid groups (broad SMARTS) is 1. The number of benzene rings is 3. The topological polar surface area (TPSA) is 116 Å². The number of hydrogen-bond acceptors (Lipinski definition) is 8. The third-order valence-corrected chi connectivity index (χ3v) is 5.78. The molecule has 0 unspecified atom stereocenters. The smallest absolute Gasteiger partial charge is 0.545 e. The fourth-order valence-corrected chi connectivity index (χ4v) is 4.15. The maximum Gasteiger partial charge on any atom is 1.00 e. The van der Waals surface area contributed by atoms with Crippen molar-refractivity contribution in [2.24, 2.45) is 0 Å². The molecule has 0 radical (unpaired) electrons. The predicted molar refractivity (Wildman–Crippen MR) is 130 cm³/mol. The van der Waals surface area contributed by atoms with Crippen molar-refractivity contribution < 1.29 is 63.2 Å². The van der Waals surface area contributed by atoms with Crippen LogP contribution in [0.15, 0.2) is 65.5 Å². The van der Waals surface area contributed by atoms with E-state index in [1.807, 2.05) is 0 Å². The van der Waals surface area contributed by atoms with Crippen molar-refractivity contribution in [1.82, 2.24) is 4.57 Å². The largest absolute Gasteiger partial charge is 1.00 e. The molecule has 0 bridgehead atoms. The van der Waals surface area contributed by atoms with E-state index in [9.17, 15) is 19.5 Å². The van der Waals surface area contributed by atoms with E-state index in [1.165, 1.54) is 57.3 Å². The molecule has 0 aliphatic rings. The van der Waals surface area contributed by atoms with Gasteiger partial charge in [-0.25, -0.2) is 4.79 Å². The summed E-state index contributed by atoms with van der Waals surface area (Å²) in [5, 5.41) is 12.1. The number of ether oxygens (including phenoxy) is 4. The molecule has 0 atom stereocenters. The van der Waals surface area contributed by atoms with Gasteiger partial charge in [0.25, 0.3) is 5.56 Å². The summed E-state index contributed by atoms with van der Waals surface area (Å²) in [6.45, 7) is 0. The Morgan fingerprint density at radius 3 is 1.86 bits per heavy atom. The Hall–Kier alpha value is -3.79. The molecule has 0 spiro atoms. The first-order valence-electron chi connectivity index (χ1n) is 10.7. The monoisotopic (exact) mass is 511 g/mol. The van der Waals surface area contributed by atoms with Crippen LogP contribution in [-0.2, 0) is 4.74 Å². The van der Waals surface area contributed by atoms with Gasteiger partial charge in [-0.05, 0) is 46.8 Å². The van der Waals surface area contributed by atoms with E-state index < -0.39 is 17.5 Å². The molecular formula is C27H22NNaO8. The molecule has 1 heterocycles. The van der Waals surface area contributed by atoms with Crippen molar-refractivity contribution in [2.45, 2.75) is 0 Å². The number of rotatable bonds is 7. The molecule has 184 valence electrons. The summed E-state index contributed by atoms with van der Waals surface area (Å²) >= 11 is 0. The Morgan fingerprint density at radius 2 is 1.38 bits per heavy atom. The number of carboxylic acids is 1. The van der Waals surface area contributed by atoms with Crippen molar-refractivity contribution in [3.8, 4) is 34.1 Å². The number of fused-ring (bicyclic) bond motifs is 1. The van der Waals surface area contributed by atoms with Gasteiger partial charge in [0.15, 0.2) is 11.5 Å². The number of carbonyl (C=O) groups excluding carboxylic acids is 2. The number of nitrogens with zero attached hydrogens (tertiary/aromatic N) is 1. The van der Waals surface area contributed by atoms with Crippen LogP contribution in [0.4, 0.5) is 0 Å². The molecule has 0 saturated carbocycles. The van der Waals surface area contributed by atoms with Crippen LogP contribution >= 0.6 is 0 Å². The summed E-state index contributed by atoms with van der Waals surface area (Å²) < 4.78 is 22.7. The summed E-state index contributed by atoms with van der Waals surface area (Å²) in [5.74, 6) is -1.08. The van der Waals surface area contributed by atoms with Crippen LogP contribution in [0.25, 0.3) is 27.6 Å². The second-order valence-corrected chi connectivity index (χ2v) is 7.65. The van der Waals surface area contributed by atoms with E-state index in [0.717, 1.165) is 0 Å². The van der Waals surface area contributed by atoms with Gasteiger partial charge in [0, 0.05) is 16.6 Å². The van der Waals surface area contributed by atoms with E-state index in [1.54, 1.807) is 36.4 Å². The predicted octanol–water partition coefficient (Wildman–Crippen LogP) is -0.162.